The zero-order chi connectivity index (χ0) is 16.7. The molecule has 2 saturated heterocycles. The molecule has 0 amide bonds. The molecule has 1 unspecified atom stereocenters. The van der Waals surface area contributed by atoms with E-state index in [-0.39, 0.29) is 12.0 Å². The molecule has 0 aliphatic carbocycles. The summed E-state index contributed by atoms with van der Waals surface area (Å²) in [7, 11) is 0. The van der Waals surface area contributed by atoms with Gasteiger partial charge in [-0.25, -0.2) is 0 Å². The van der Waals surface area contributed by atoms with Crippen molar-refractivity contribution in [3.63, 3.8) is 0 Å². The number of rotatable bonds is 8. The minimum atomic E-state index is -4.12. The van der Waals surface area contributed by atoms with Crippen LogP contribution in [0.25, 0.3) is 0 Å². The molecular formula is C15H26F3N3O2. The van der Waals surface area contributed by atoms with Crippen molar-refractivity contribution in [3.05, 3.63) is 0 Å². The van der Waals surface area contributed by atoms with Crippen LogP contribution >= 0.6 is 0 Å². The first kappa shape index (κ1) is 18.5. The fraction of sp³-hybridized carbons (Fsp3) is 0.933. The molecule has 1 N–H and O–H groups in total. The molecular weight excluding hydrogens is 311 g/mol. The summed E-state index contributed by atoms with van der Waals surface area (Å²) < 4.78 is 40.8. The highest BCUT2D eigenvalue weighted by Crippen LogP contribution is 2.16. The van der Waals surface area contributed by atoms with Crippen molar-refractivity contribution in [2.75, 3.05) is 52.4 Å². The lowest BCUT2D eigenvalue weighted by atomic mass is 10.1. The Hall–Kier alpha value is -0.860. The lowest BCUT2D eigenvalue weighted by molar-refractivity contribution is -0.142. The van der Waals surface area contributed by atoms with E-state index in [1.165, 1.54) is 0 Å². The average Bonchev–Trinajstić information content (AvgIpc) is 2.92. The number of piperazine rings is 1. The van der Waals surface area contributed by atoms with E-state index in [9.17, 15) is 18.0 Å². The summed E-state index contributed by atoms with van der Waals surface area (Å²) >= 11 is 0. The predicted molar refractivity (Wildman–Crippen MR) is 80.2 cm³/mol. The molecule has 0 aromatic heterocycles. The molecule has 0 radical (unpaired) electrons. The van der Waals surface area contributed by atoms with Crippen molar-refractivity contribution in [2.45, 2.75) is 37.9 Å². The average molecular weight is 337 g/mol. The van der Waals surface area contributed by atoms with Crippen molar-refractivity contribution in [3.8, 4) is 0 Å². The molecule has 2 heterocycles. The Labute approximate surface area is 135 Å². The number of halogens is 3. The smallest absolute Gasteiger partial charge is 0.401 e. The second-order valence-electron chi connectivity index (χ2n) is 6.20. The molecule has 2 aliphatic rings. The molecule has 5 nitrogen and oxygen atoms in total. The zero-order valence-electron chi connectivity index (χ0n) is 13.4. The topological polar surface area (TPSA) is 44.8 Å². The maximum Gasteiger partial charge on any atom is 0.401 e. The van der Waals surface area contributed by atoms with Gasteiger partial charge in [0.1, 0.15) is 6.04 Å². The van der Waals surface area contributed by atoms with E-state index < -0.39 is 12.7 Å². The molecule has 134 valence electrons. The maximum absolute atomic E-state index is 11.9. The van der Waals surface area contributed by atoms with Gasteiger partial charge in [0, 0.05) is 32.6 Å². The molecule has 1 atom stereocenters. The molecule has 23 heavy (non-hydrogen) atoms. The number of nitrogens with one attached hydrogen (secondary N) is 1. The van der Waals surface area contributed by atoms with E-state index >= 15 is 0 Å². The number of hydrogen-bond donors (Lipinski definition) is 1. The number of cyclic esters (lactones) is 1. The third-order valence-corrected chi connectivity index (χ3v) is 4.41. The van der Waals surface area contributed by atoms with E-state index in [0.717, 1.165) is 58.4 Å². The van der Waals surface area contributed by atoms with Crippen LogP contribution in [0.4, 0.5) is 13.2 Å². The Morgan fingerprint density at radius 1 is 1.13 bits per heavy atom. The first-order valence-corrected chi connectivity index (χ1v) is 8.36. The van der Waals surface area contributed by atoms with Crippen LogP contribution in [-0.4, -0.2) is 80.4 Å². The zero-order valence-corrected chi connectivity index (χ0v) is 13.4. The minimum absolute atomic E-state index is 0.0585. The van der Waals surface area contributed by atoms with Gasteiger partial charge in [0.05, 0.1) is 13.2 Å². The standard InChI is InChI=1S/C15H26F3N3O2/c16-15(17,18)12-19-5-2-1-3-6-20-7-9-21(10-8-20)13-4-11-23-14(13)22/h13,19H,1-12H2. The van der Waals surface area contributed by atoms with Crippen molar-refractivity contribution in [1.82, 2.24) is 15.1 Å². The van der Waals surface area contributed by atoms with Crippen LogP contribution in [0.15, 0.2) is 0 Å². The number of carbonyl (C=O) groups is 1. The van der Waals surface area contributed by atoms with E-state index in [4.69, 9.17) is 4.74 Å². The quantitative estimate of drug-likeness (QED) is 0.533. The fourth-order valence-electron chi connectivity index (χ4n) is 3.11. The molecule has 0 aromatic rings. The van der Waals surface area contributed by atoms with Gasteiger partial charge in [0.25, 0.3) is 0 Å². The number of esters is 1. The summed E-state index contributed by atoms with van der Waals surface area (Å²) in [6.45, 7) is 4.66. The number of hydrogen-bond acceptors (Lipinski definition) is 5. The van der Waals surface area contributed by atoms with Gasteiger partial charge in [-0.2, -0.15) is 13.2 Å². The first-order chi connectivity index (χ1) is 11.0. The first-order valence-electron chi connectivity index (χ1n) is 8.36. The van der Waals surface area contributed by atoms with Crippen LogP contribution in [0, 0.1) is 0 Å². The summed E-state index contributed by atoms with van der Waals surface area (Å²) in [4.78, 5) is 16.1. The Bertz CT molecular complexity index is 371. The summed E-state index contributed by atoms with van der Waals surface area (Å²) in [6, 6.07) is -0.0585. The van der Waals surface area contributed by atoms with Gasteiger partial charge in [-0.3, -0.25) is 9.69 Å². The van der Waals surface area contributed by atoms with Gasteiger partial charge in [-0.15, -0.1) is 0 Å². The number of alkyl halides is 3. The van der Waals surface area contributed by atoms with Crippen LogP contribution in [0.2, 0.25) is 0 Å². The Balaban J connectivity index is 1.48. The highest BCUT2D eigenvalue weighted by molar-refractivity contribution is 5.77. The second kappa shape index (κ2) is 8.84. The van der Waals surface area contributed by atoms with E-state index in [1.54, 1.807) is 0 Å². The third-order valence-electron chi connectivity index (χ3n) is 4.41. The summed E-state index contributed by atoms with van der Waals surface area (Å²) in [5.74, 6) is -0.0928. The predicted octanol–water partition coefficient (Wildman–Crippen LogP) is 1.24. The fourth-order valence-corrected chi connectivity index (χ4v) is 3.11. The van der Waals surface area contributed by atoms with E-state index in [2.05, 4.69) is 15.1 Å². The molecule has 2 rings (SSSR count). The maximum atomic E-state index is 11.9. The number of ether oxygens (including phenoxy) is 1. The number of nitrogens with zero attached hydrogens (tertiary/aromatic N) is 2. The molecule has 8 heteroatoms. The summed E-state index contributed by atoms with van der Waals surface area (Å²) in [6.07, 6.45) is -0.627. The van der Waals surface area contributed by atoms with Crippen LogP contribution < -0.4 is 5.32 Å². The Morgan fingerprint density at radius 2 is 1.87 bits per heavy atom. The van der Waals surface area contributed by atoms with Crippen LogP contribution in [0.3, 0.4) is 0 Å². The summed E-state index contributed by atoms with van der Waals surface area (Å²) in [5, 5.41) is 2.42. The van der Waals surface area contributed by atoms with Gasteiger partial charge in [0.2, 0.25) is 0 Å². The largest absolute Gasteiger partial charge is 0.464 e. The second-order valence-corrected chi connectivity index (χ2v) is 6.20. The number of carbonyl (C=O) groups excluding carboxylic acids is 1. The molecule has 0 aromatic carbocycles. The van der Waals surface area contributed by atoms with Crippen LogP contribution in [0.1, 0.15) is 25.7 Å². The van der Waals surface area contributed by atoms with Gasteiger partial charge in [0.15, 0.2) is 0 Å². The highest BCUT2D eigenvalue weighted by Gasteiger charge is 2.33. The van der Waals surface area contributed by atoms with Crippen molar-refractivity contribution in [2.24, 2.45) is 0 Å². The SMILES string of the molecule is O=C1OCCC1N1CCN(CCCCCNCC(F)(F)F)CC1. The third kappa shape index (κ3) is 6.64. The van der Waals surface area contributed by atoms with Crippen molar-refractivity contribution >= 4 is 5.97 Å². The molecule has 0 saturated carbocycles. The van der Waals surface area contributed by atoms with Gasteiger partial charge in [-0.1, -0.05) is 6.42 Å². The van der Waals surface area contributed by atoms with Gasteiger partial charge < -0.3 is 15.0 Å². The van der Waals surface area contributed by atoms with Gasteiger partial charge in [-0.05, 0) is 25.9 Å². The van der Waals surface area contributed by atoms with E-state index in [0.29, 0.717) is 13.2 Å². The van der Waals surface area contributed by atoms with Crippen LogP contribution in [-0.2, 0) is 9.53 Å². The lowest BCUT2D eigenvalue weighted by Crippen LogP contribution is -2.51. The molecule has 2 fully saturated rings. The molecule has 0 spiro atoms. The van der Waals surface area contributed by atoms with Crippen molar-refractivity contribution in [1.29, 1.82) is 0 Å². The Kier molecular flexibility index (Phi) is 7.10. The summed E-state index contributed by atoms with van der Waals surface area (Å²) in [5.41, 5.74) is 0. The molecule has 2 aliphatic heterocycles. The molecule has 0 bridgehead atoms. The van der Waals surface area contributed by atoms with Crippen LogP contribution in [0.5, 0.6) is 0 Å². The number of unbranched alkanes of at least 4 members (excludes halogenated alkanes) is 2. The highest BCUT2D eigenvalue weighted by atomic mass is 19.4. The van der Waals surface area contributed by atoms with Gasteiger partial charge >= 0.3 is 12.1 Å². The lowest BCUT2D eigenvalue weighted by Gasteiger charge is -2.36. The van der Waals surface area contributed by atoms with E-state index in [1.807, 2.05) is 0 Å². The Morgan fingerprint density at radius 3 is 2.48 bits per heavy atom. The monoisotopic (exact) mass is 337 g/mol. The minimum Gasteiger partial charge on any atom is -0.464 e. The van der Waals surface area contributed by atoms with Crippen molar-refractivity contribution < 1.29 is 22.7 Å². The normalized spacial score (nSPS) is 24.1.